The lowest BCUT2D eigenvalue weighted by Gasteiger charge is -2.15. The highest BCUT2D eigenvalue weighted by atomic mass is 35.5. The minimum absolute atomic E-state index is 0.112. The van der Waals surface area contributed by atoms with Crippen LogP contribution < -0.4 is 10.1 Å². The first-order valence-electron chi connectivity index (χ1n) is 6.33. The number of hydrogen-bond acceptors (Lipinski definition) is 3. The number of nitrogens with zero attached hydrogens (tertiary/aromatic N) is 1. The van der Waals surface area contributed by atoms with Gasteiger partial charge in [0.25, 0.3) is 5.91 Å². The molecule has 0 aliphatic heterocycles. The van der Waals surface area contributed by atoms with Gasteiger partial charge in [-0.15, -0.1) is 0 Å². The van der Waals surface area contributed by atoms with Crippen molar-refractivity contribution in [2.24, 2.45) is 0 Å². The number of carbonyl (C=O) groups is 1. The summed E-state index contributed by atoms with van der Waals surface area (Å²) in [5.74, 6) is 0.488. The molecule has 0 heterocycles. The zero-order valence-electron chi connectivity index (χ0n) is 11.6. The molecular formula is C14H21ClN2O2. The van der Waals surface area contributed by atoms with Crippen molar-refractivity contribution in [1.82, 2.24) is 10.2 Å². The molecule has 1 aromatic carbocycles. The van der Waals surface area contributed by atoms with Gasteiger partial charge >= 0.3 is 0 Å². The Morgan fingerprint density at radius 3 is 2.84 bits per heavy atom. The highest BCUT2D eigenvalue weighted by Crippen LogP contribution is 2.18. The van der Waals surface area contributed by atoms with Crippen LogP contribution in [0.5, 0.6) is 5.75 Å². The summed E-state index contributed by atoms with van der Waals surface area (Å²) in [5, 5.41) is 3.44. The van der Waals surface area contributed by atoms with Gasteiger partial charge in [-0.1, -0.05) is 17.7 Å². The zero-order valence-corrected chi connectivity index (χ0v) is 12.4. The highest BCUT2D eigenvalue weighted by Gasteiger charge is 2.13. The van der Waals surface area contributed by atoms with Gasteiger partial charge in [-0.3, -0.25) is 4.79 Å². The molecule has 1 amide bonds. The fourth-order valence-electron chi connectivity index (χ4n) is 1.55. The molecule has 1 rings (SSSR count). The molecule has 0 aromatic heterocycles. The van der Waals surface area contributed by atoms with Crippen molar-refractivity contribution >= 4 is 17.5 Å². The first kappa shape index (κ1) is 15.8. The van der Waals surface area contributed by atoms with Gasteiger partial charge in [-0.05, 0) is 52.2 Å². The van der Waals surface area contributed by atoms with Crippen LogP contribution in [-0.2, 0) is 4.79 Å². The van der Waals surface area contributed by atoms with Crippen molar-refractivity contribution in [3.05, 3.63) is 29.3 Å². The SMILES string of the molecule is C[C@@H](Oc1cccc(Cl)c1)C(=O)NCCCN(C)C. The highest BCUT2D eigenvalue weighted by molar-refractivity contribution is 6.30. The number of benzene rings is 1. The minimum Gasteiger partial charge on any atom is -0.481 e. The number of carbonyl (C=O) groups excluding carboxylic acids is 1. The summed E-state index contributed by atoms with van der Waals surface area (Å²) in [5.41, 5.74) is 0. The summed E-state index contributed by atoms with van der Waals surface area (Å²) in [6.07, 6.45) is 0.389. The quantitative estimate of drug-likeness (QED) is 0.780. The average molecular weight is 285 g/mol. The van der Waals surface area contributed by atoms with Gasteiger partial charge in [-0.25, -0.2) is 0 Å². The van der Waals surface area contributed by atoms with Gasteiger partial charge in [0, 0.05) is 11.6 Å². The molecule has 4 nitrogen and oxygen atoms in total. The Balaban J connectivity index is 2.32. The van der Waals surface area contributed by atoms with Crippen molar-refractivity contribution in [3.8, 4) is 5.75 Å². The molecule has 0 aliphatic carbocycles. The molecule has 0 bridgehead atoms. The summed E-state index contributed by atoms with van der Waals surface area (Å²) in [4.78, 5) is 13.9. The third kappa shape index (κ3) is 6.45. The van der Waals surface area contributed by atoms with E-state index in [4.69, 9.17) is 16.3 Å². The molecule has 106 valence electrons. The van der Waals surface area contributed by atoms with Crippen molar-refractivity contribution in [1.29, 1.82) is 0 Å². The van der Waals surface area contributed by atoms with Gasteiger partial charge in [0.15, 0.2) is 6.10 Å². The minimum atomic E-state index is -0.530. The molecule has 1 N–H and O–H groups in total. The Kier molecular flexibility index (Phi) is 6.67. The van der Waals surface area contributed by atoms with Crippen molar-refractivity contribution in [3.63, 3.8) is 0 Å². The van der Waals surface area contributed by atoms with E-state index in [1.807, 2.05) is 14.1 Å². The predicted octanol–water partition coefficient (Wildman–Crippen LogP) is 2.18. The zero-order chi connectivity index (χ0) is 14.3. The molecule has 19 heavy (non-hydrogen) atoms. The summed E-state index contributed by atoms with van der Waals surface area (Å²) < 4.78 is 5.53. The van der Waals surface area contributed by atoms with Crippen LogP contribution in [0, 0.1) is 0 Å². The Morgan fingerprint density at radius 1 is 1.47 bits per heavy atom. The monoisotopic (exact) mass is 284 g/mol. The number of nitrogens with one attached hydrogen (secondary N) is 1. The summed E-state index contributed by atoms with van der Waals surface area (Å²) in [7, 11) is 4.01. The topological polar surface area (TPSA) is 41.6 Å². The van der Waals surface area contributed by atoms with Gasteiger partial charge in [0.2, 0.25) is 0 Å². The van der Waals surface area contributed by atoms with Crippen LogP contribution in [0.2, 0.25) is 5.02 Å². The second kappa shape index (κ2) is 8.02. The summed E-state index contributed by atoms with van der Waals surface area (Å²) >= 11 is 5.85. The maximum absolute atomic E-state index is 11.8. The molecule has 1 atom stereocenters. The fourth-order valence-corrected chi connectivity index (χ4v) is 1.73. The number of halogens is 1. The number of rotatable bonds is 7. The number of ether oxygens (including phenoxy) is 1. The van der Waals surface area contributed by atoms with Crippen LogP contribution in [-0.4, -0.2) is 44.1 Å². The van der Waals surface area contributed by atoms with E-state index in [9.17, 15) is 4.79 Å². The van der Waals surface area contributed by atoms with E-state index in [-0.39, 0.29) is 5.91 Å². The summed E-state index contributed by atoms with van der Waals surface area (Å²) in [6, 6.07) is 7.03. The molecule has 0 saturated heterocycles. The second-order valence-corrected chi connectivity index (χ2v) is 5.10. The second-order valence-electron chi connectivity index (χ2n) is 4.67. The van der Waals surface area contributed by atoms with Gasteiger partial charge in [-0.2, -0.15) is 0 Å². The molecule has 1 aromatic rings. The Bertz CT molecular complexity index is 410. The lowest BCUT2D eigenvalue weighted by Crippen LogP contribution is -2.37. The van der Waals surface area contributed by atoms with Crippen LogP contribution >= 0.6 is 11.6 Å². The molecule has 0 radical (unpaired) electrons. The van der Waals surface area contributed by atoms with E-state index < -0.39 is 6.10 Å². The normalized spacial score (nSPS) is 12.3. The molecule has 0 unspecified atom stereocenters. The van der Waals surface area contributed by atoms with Crippen LogP contribution in [0.4, 0.5) is 0 Å². The van der Waals surface area contributed by atoms with Crippen LogP contribution in [0.15, 0.2) is 24.3 Å². The van der Waals surface area contributed by atoms with Gasteiger partial charge in [0.1, 0.15) is 5.75 Å². The van der Waals surface area contributed by atoms with Crippen LogP contribution in [0.1, 0.15) is 13.3 Å². The summed E-state index contributed by atoms with van der Waals surface area (Å²) in [6.45, 7) is 3.33. The first-order valence-corrected chi connectivity index (χ1v) is 6.71. The van der Waals surface area contributed by atoms with Gasteiger partial charge in [0.05, 0.1) is 0 Å². The van der Waals surface area contributed by atoms with Crippen molar-refractivity contribution in [2.75, 3.05) is 27.2 Å². The fraction of sp³-hybridized carbons (Fsp3) is 0.500. The van der Waals surface area contributed by atoms with E-state index in [0.717, 1.165) is 13.0 Å². The molecule has 0 saturated carbocycles. The third-order valence-corrected chi connectivity index (χ3v) is 2.79. The Morgan fingerprint density at radius 2 is 2.21 bits per heavy atom. The van der Waals surface area contributed by atoms with E-state index in [2.05, 4.69) is 10.2 Å². The predicted molar refractivity (Wildman–Crippen MR) is 77.7 cm³/mol. The first-order chi connectivity index (χ1) is 8.99. The third-order valence-electron chi connectivity index (χ3n) is 2.56. The maximum Gasteiger partial charge on any atom is 0.260 e. The Labute approximate surface area is 119 Å². The molecular weight excluding hydrogens is 264 g/mol. The molecule has 5 heteroatoms. The average Bonchev–Trinajstić information content (AvgIpc) is 2.34. The standard InChI is InChI=1S/C14H21ClN2O2/c1-11(14(18)16-8-5-9-17(2)3)19-13-7-4-6-12(15)10-13/h4,6-7,10-11H,5,8-9H2,1-3H3,(H,16,18)/t11-/m1/s1. The van der Waals surface area contributed by atoms with Gasteiger partial charge < -0.3 is 15.0 Å². The van der Waals surface area contributed by atoms with E-state index in [1.54, 1.807) is 31.2 Å². The molecule has 0 spiro atoms. The van der Waals surface area contributed by atoms with E-state index in [0.29, 0.717) is 17.3 Å². The molecule has 0 fully saturated rings. The number of amides is 1. The maximum atomic E-state index is 11.8. The van der Waals surface area contributed by atoms with E-state index >= 15 is 0 Å². The van der Waals surface area contributed by atoms with Crippen LogP contribution in [0.3, 0.4) is 0 Å². The largest absolute Gasteiger partial charge is 0.481 e. The smallest absolute Gasteiger partial charge is 0.260 e. The van der Waals surface area contributed by atoms with Crippen molar-refractivity contribution in [2.45, 2.75) is 19.4 Å². The lowest BCUT2D eigenvalue weighted by molar-refractivity contribution is -0.127. The van der Waals surface area contributed by atoms with Crippen LogP contribution in [0.25, 0.3) is 0 Å². The molecule has 0 aliphatic rings. The Hall–Kier alpha value is -1.26. The van der Waals surface area contributed by atoms with Crippen molar-refractivity contribution < 1.29 is 9.53 Å². The lowest BCUT2D eigenvalue weighted by atomic mass is 10.3. The van der Waals surface area contributed by atoms with E-state index in [1.165, 1.54) is 0 Å². The number of hydrogen-bond donors (Lipinski definition) is 1.